The lowest BCUT2D eigenvalue weighted by atomic mass is 9.81. The first-order chi connectivity index (χ1) is 13.6. The minimum Gasteiger partial charge on any atom is -0.421 e. The van der Waals surface area contributed by atoms with E-state index in [1.165, 1.54) is 4.90 Å². The van der Waals surface area contributed by atoms with Crippen LogP contribution in [0.25, 0.3) is 0 Å². The van der Waals surface area contributed by atoms with Crippen LogP contribution in [0.1, 0.15) is 29.6 Å². The fourth-order valence-electron chi connectivity index (χ4n) is 5.16. The topological polar surface area (TPSA) is 63.7 Å². The van der Waals surface area contributed by atoms with Gasteiger partial charge in [-0.1, -0.05) is 35.9 Å². The number of anilines is 1. The Balaban J connectivity index is 1.48. The second-order valence-corrected chi connectivity index (χ2v) is 8.14. The number of carbonyl (C=O) groups is 3. The van der Waals surface area contributed by atoms with E-state index in [1.807, 2.05) is 0 Å². The molecule has 0 N–H and O–H groups in total. The number of halogens is 1. The molecule has 2 amide bonds. The van der Waals surface area contributed by atoms with E-state index in [4.69, 9.17) is 16.3 Å². The number of nitrogens with zero attached hydrogens (tertiary/aromatic N) is 1. The summed E-state index contributed by atoms with van der Waals surface area (Å²) in [6, 6.07) is 13.3. The van der Waals surface area contributed by atoms with Crippen LogP contribution in [0.3, 0.4) is 0 Å². The third-order valence-corrected chi connectivity index (χ3v) is 6.66. The van der Waals surface area contributed by atoms with Crippen molar-refractivity contribution in [3.63, 3.8) is 0 Å². The highest BCUT2D eigenvalue weighted by Gasteiger charge is 2.61. The molecule has 5 rings (SSSR count). The summed E-state index contributed by atoms with van der Waals surface area (Å²) in [6.45, 7) is 0. The normalized spacial score (nSPS) is 28.0. The third-order valence-electron chi connectivity index (χ3n) is 6.33. The van der Waals surface area contributed by atoms with E-state index in [2.05, 4.69) is 0 Å². The average molecular weight is 396 g/mol. The Labute approximate surface area is 167 Å². The second-order valence-electron chi connectivity index (χ2n) is 7.73. The number of benzene rings is 2. The van der Waals surface area contributed by atoms with Gasteiger partial charge in [0.25, 0.3) is 0 Å². The van der Waals surface area contributed by atoms with Gasteiger partial charge in [0.15, 0.2) is 5.75 Å². The lowest BCUT2D eigenvalue weighted by Gasteiger charge is -2.20. The molecule has 2 aromatic rings. The number of fused-ring (bicyclic) bond motifs is 5. The zero-order valence-electron chi connectivity index (χ0n) is 15.0. The molecule has 0 radical (unpaired) electrons. The first-order valence-corrected chi connectivity index (χ1v) is 9.87. The Morgan fingerprint density at radius 3 is 2.21 bits per heavy atom. The quantitative estimate of drug-likeness (QED) is 0.446. The van der Waals surface area contributed by atoms with Crippen molar-refractivity contribution in [2.75, 3.05) is 4.90 Å². The van der Waals surface area contributed by atoms with Gasteiger partial charge in [-0.15, -0.1) is 0 Å². The van der Waals surface area contributed by atoms with E-state index in [1.54, 1.807) is 48.5 Å². The number of carbonyl (C=O) groups excluding carboxylic acids is 3. The molecule has 6 heteroatoms. The van der Waals surface area contributed by atoms with Gasteiger partial charge < -0.3 is 4.74 Å². The molecule has 1 aliphatic heterocycles. The molecular formula is C22H18ClNO4. The van der Waals surface area contributed by atoms with Crippen molar-refractivity contribution >= 4 is 35.1 Å². The van der Waals surface area contributed by atoms with E-state index >= 15 is 0 Å². The molecule has 3 aliphatic rings. The molecule has 5 nitrogen and oxygen atoms in total. The standard InChI is InChI=1S/C22H18ClNO4/c23-15-6-2-1-5-14(15)22(27)28-17-8-4-3-7-16(17)24-20(25)18-12-9-10-13(11-12)19(18)21(24)26/h1-8,12-13,18-19H,9-11H2/t12-,13-,18+,19+/m1/s1. The zero-order chi connectivity index (χ0) is 19.4. The van der Waals surface area contributed by atoms with Crippen LogP contribution in [-0.4, -0.2) is 17.8 Å². The van der Waals surface area contributed by atoms with Gasteiger partial charge >= 0.3 is 5.97 Å². The number of imide groups is 1. The molecule has 4 atom stereocenters. The first kappa shape index (κ1) is 17.4. The van der Waals surface area contributed by atoms with Crippen LogP contribution < -0.4 is 9.64 Å². The van der Waals surface area contributed by atoms with E-state index in [-0.39, 0.29) is 40.0 Å². The third kappa shape index (κ3) is 2.49. The maximum absolute atomic E-state index is 13.1. The van der Waals surface area contributed by atoms with Gasteiger partial charge in [-0.2, -0.15) is 0 Å². The molecule has 28 heavy (non-hydrogen) atoms. The van der Waals surface area contributed by atoms with Crippen molar-refractivity contribution in [2.24, 2.45) is 23.7 Å². The summed E-state index contributed by atoms with van der Waals surface area (Å²) < 4.78 is 5.54. The van der Waals surface area contributed by atoms with Crippen LogP contribution in [0.15, 0.2) is 48.5 Å². The highest BCUT2D eigenvalue weighted by atomic mass is 35.5. The monoisotopic (exact) mass is 395 g/mol. The molecule has 3 fully saturated rings. The molecule has 142 valence electrons. The van der Waals surface area contributed by atoms with Crippen LogP contribution in [0.2, 0.25) is 5.02 Å². The maximum atomic E-state index is 13.1. The molecule has 1 heterocycles. The largest absolute Gasteiger partial charge is 0.421 e. The first-order valence-electron chi connectivity index (χ1n) is 9.50. The van der Waals surface area contributed by atoms with E-state index in [0.717, 1.165) is 19.3 Å². The van der Waals surface area contributed by atoms with Crippen LogP contribution in [0.5, 0.6) is 5.75 Å². The lowest BCUT2D eigenvalue weighted by molar-refractivity contribution is -0.123. The summed E-state index contributed by atoms with van der Waals surface area (Å²) in [5.41, 5.74) is 0.555. The fraction of sp³-hybridized carbons (Fsp3) is 0.318. The molecule has 2 saturated carbocycles. The maximum Gasteiger partial charge on any atom is 0.345 e. The van der Waals surface area contributed by atoms with Gasteiger partial charge in [-0.25, -0.2) is 9.69 Å². The fourth-order valence-corrected chi connectivity index (χ4v) is 5.37. The predicted octanol–water partition coefficient (Wildman–Crippen LogP) is 4.09. The molecule has 2 bridgehead atoms. The summed E-state index contributed by atoms with van der Waals surface area (Å²) in [5.74, 6) is -0.619. The molecule has 0 spiro atoms. The van der Waals surface area contributed by atoms with Gasteiger partial charge in [0.1, 0.15) is 0 Å². The summed E-state index contributed by atoms with van der Waals surface area (Å²) >= 11 is 6.08. The second kappa shape index (κ2) is 6.45. The molecular weight excluding hydrogens is 378 g/mol. The number of ether oxygens (including phenoxy) is 1. The van der Waals surface area contributed by atoms with Crippen molar-refractivity contribution in [2.45, 2.75) is 19.3 Å². The minimum atomic E-state index is -0.627. The number of amides is 2. The zero-order valence-corrected chi connectivity index (χ0v) is 15.8. The average Bonchev–Trinajstić information content (AvgIpc) is 3.37. The van der Waals surface area contributed by atoms with E-state index < -0.39 is 5.97 Å². The SMILES string of the molecule is O=C(Oc1ccccc1N1C(=O)[C@H]2[C@@H]3CC[C@H](C3)[C@@H]2C1=O)c1ccccc1Cl. The number of esters is 1. The summed E-state index contributed by atoms with van der Waals surface area (Å²) in [4.78, 5) is 40.0. The van der Waals surface area contributed by atoms with Gasteiger partial charge in [0, 0.05) is 0 Å². The lowest BCUT2D eigenvalue weighted by Crippen LogP contribution is -2.33. The Morgan fingerprint density at radius 1 is 0.929 bits per heavy atom. The van der Waals surface area contributed by atoms with Crippen LogP contribution in [0.4, 0.5) is 5.69 Å². The minimum absolute atomic E-state index is 0.163. The van der Waals surface area contributed by atoms with Gasteiger partial charge in [-0.05, 0) is 55.4 Å². The summed E-state index contributed by atoms with van der Waals surface area (Å²) in [5, 5.41) is 0.282. The highest BCUT2D eigenvalue weighted by molar-refractivity contribution is 6.33. The summed E-state index contributed by atoms with van der Waals surface area (Å²) in [7, 11) is 0. The Kier molecular flexibility index (Phi) is 4.02. The molecule has 2 aromatic carbocycles. The molecule has 2 aliphatic carbocycles. The van der Waals surface area contributed by atoms with Crippen molar-refractivity contribution in [3.05, 3.63) is 59.1 Å². The van der Waals surface area contributed by atoms with E-state index in [9.17, 15) is 14.4 Å². The molecule has 0 aromatic heterocycles. The van der Waals surface area contributed by atoms with Crippen LogP contribution >= 0.6 is 11.6 Å². The van der Waals surface area contributed by atoms with Gasteiger partial charge in [0.2, 0.25) is 11.8 Å². The number of hydrogen-bond donors (Lipinski definition) is 0. The van der Waals surface area contributed by atoms with Crippen LogP contribution in [0, 0.1) is 23.7 Å². The molecule has 0 unspecified atom stereocenters. The van der Waals surface area contributed by atoms with Crippen molar-refractivity contribution in [1.82, 2.24) is 0 Å². The Morgan fingerprint density at radius 2 is 1.54 bits per heavy atom. The van der Waals surface area contributed by atoms with Crippen molar-refractivity contribution in [1.29, 1.82) is 0 Å². The van der Waals surface area contributed by atoms with Gasteiger partial charge in [-0.3, -0.25) is 9.59 Å². The van der Waals surface area contributed by atoms with Crippen LogP contribution in [-0.2, 0) is 9.59 Å². The highest BCUT2D eigenvalue weighted by Crippen LogP contribution is 2.57. The predicted molar refractivity (Wildman–Crippen MR) is 103 cm³/mol. The van der Waals surface area contributed by atoms with E-state index in [0.29, 0.717) is 17.5 Å². The van der Waals surface area contributed by atoms with Crippen molar-refractivity contribution in [3.8, 4) is 5.75 Å². The Hall–Kier alpha value is -2.66. The molecule has 1 saturated heterocycles. The summed E-state index contributed by atoms with van der Waals surface area (Å²) in [6.07, 6.45) is 3.01. The number of rotatable bonds is 3. The van der Waals surface area contributed by atoms with Crippen molar-refractivity contribution < 1.29 is 19.1 Å². The smallest absolute Gasteiger partial charge is 0.345 e. The number of hydrogen-bond acceptors (Lipinski definition) is 4. The Bertz CT molecular complexity index is 976. The van der Waals surface area contributed by atoms with Gasteiger partial charge in [0.05, 0.1) is 28.1 Å². The number of para-hydroxylation sites is 2.